The zero-order valence-electron chi connectivity index (χ0n) is 20.2. The summed E-state index contributed by atoms with van der Waals surface area (Å²) in [7, 11) is 0. The minimum absolute atomic E-state index is 0.0571. The number of allylic oxidation sites excluding steroid dienone is 1. The molecule has 1 amide bonds. The Morgan fingerprint density at radius 1 is 1.11 bits per heavy atom. The Bertz CT molecular complexity index is 1230. The summed E-state index contributed by atoms with van der Waals surface area (Å²) in [6.07, 6.45) is 6.02. The van der Waals surface area contributed by atoms with Crippen LogP contribution < -0.4 is 5.32 Å². The number of morpholine rings is 1. The highest BCUT2D eigenvalue weighted by atomic mass is 19.3. The van der Waals surface area contributed by atoms with Gasteiger partial charge in [0.15, 0.2) is 0 Å². The van der Waals surface area contributed by atoms with Crippen LogP contribution in [-0.2, 0) is 4.74 Å². The van der Waals surface area contributed by atoms with Crippen molar-refractivity contribution in [2.24, 2.45) is 0 Å². The van der Waals surface area contributed by atoms with Gasteiger partial charge in [-0.3, -0.25) is 14.7 Å². The molecule has 1 N–H and O–H groups in total. The van der Waals surface area contributed by atoms with Crippen LogP contribution in [0.25, 0.3) is 11.3 Å². The van der Waals surface area contributed by atoms with E-state index < -0.39 is 6.43 Å². The standard InChI is InChI=1S/C27H29F2N5O2/c1-18-24(17-31-34(18)23-9-4-20(5-10-23)26(28)29)27(35)32-21-6-11-25(30-16-21)19-2-7-22(8-3-19)33-12-14-36-15-13-33/h2,4-6,9-11,16-17,22,26H,3,7-8,12-15H2,1H3,(H,32,35). The topological polar surface area (TPSA) is 72.3 Å². The molecule has 7 nitrogen and oxygen atoms in total. The first-order valence-corrected chi connectivity index (χ1v) is 12.2. The molecule has 3 heterocycles. The van der Waals surface area contributed by atoms with Gasteiger partial charge in [0.1, 0.15) is 0 Å². The number of nitrogens with zero attached hydrogens (tertiary/aromatic N) is 4. The molecule has 0 spiro atoms. The number of aromatic nitrogens is 3. The van der Waals surface area contributed by atoms with Crippen LogP contribution in [0, 0.1) is 6.92 Å². The van der Waals surface area contributed by atoms with Crippen molar-refractivity contribution in [3.8, 4) is 5.69 Å². The van der Waals surface area contributed by atoms with E-state index in [4.69, 9.17) is 4.74 Å². The van der Waals surface area contributed by atoms with Crippen LogP contribution in [-0.4, -0.2) is 57.9 Å². The van der Waals surface area contributed by atoms with Crippen molar-refractivity contribution in [1.82, 2.24) is 19.7 Å². The molecule has 2 aromatic heterocycles. The molecule has 0 saturated carbocycles. The van der Waals surface area contributed by atoms with Crippen LogP contribution >= 0.6 is 0 Å². The van der Waals surface area contributed by atoms with Gasteiger partial charge in [0.25, 0.3) is 12.3 Å². The highest BCUT2D eigenvalue weighted by Gasteiger charge is 2.24. The molecule has 188 valence electrons. The second kappa shape index (κ2) is 10.7. The van der Waals surface area contributed by atoms with E-state index in [0.29, 0.717) is 28.7 Å². The number of ether oxygens (including phenoxy) is 1. The van der Waals surface area contributed by atoms with Gasteiger partial charge in [-0.2, -0.15) is 5.10 Å². The number of carbonyl (C=O) groups is 1. The summed E-state index contributed by atoms with van der Waals surface area (Å²) < 4.78 is 32.7. The van der Waals surface area contributed by atoms with E-state index in [1.807, 2.05) is 12.1 Å². The quantitative estimate of drug-likeness (QED) is 0.521. The number of alkyl halides is 2. The van der Waals surface area contributed by atoms with Crippen molar-refractivity contribution in [3.05, 3.63) is 77.4 Å². The summed E-state index contributed by atoms with van der Waals surface area (Å²) in [6.45, 7) is 5.41. The number of carbonyl (C=O) groups excluding carboxylic acids is 1. The molecule has 0 bridgehead atoms. The zero-order valence-corrected chi connectivity index (χ0v) is 20.2. The summed E-state index contributed by atoms with van der Waals surface area (Å²) in [5.74, 6) is -0.303. The molecule has 0 radical (unpaired) electrons. The second-order valence-electron chi connectivity index (χ2n) is 9.14. The number of anilines is 1. The fourth-order valence-corrected chi connectivity index (χ4v) is 4.84. The van der Waals surface area contributed by atoms with Crippen LogP contribution in [0.4, 0.5) is 14.5 Å². The number of hydrogen-bond donors (Lipinski definition) is 1. The van der Waals surface area contributed by atoms with Crippen LogP contribution in [0.2, 0.25) is 0 Å². The molecule has 1 aliphatic heterocycles. The molecule has 36 heavy (non-hydrogen) atoms. The Labute approximate surface area is 208 Å². The maximum Gasteiger partial charge on any atom is 0.263 e. The van der Waals surface area contributed by atoms with Gasteiger partial charge in [0, 0.05) is 24.7 Å². The highest BCUT2D eigenvalue weighted by Crippen LogP contribution is 2.29. The lowest BCUT2D eigenvalue weighted by Gasteiger charge is -2.36. The smallest absolute Gasteiger partial charge is 0.263 e. The maximum atomic E-state index is 12.9. The van der Waals surface area contributed by atoms with Gasteiger partial charge in [-0.15, -0.1) is 0 Å². The molecule has 1 unspecified atom stereocenters. The van der Waals surface area contributed by atoms with Crippen molar-refractivity contribution in [3.63, 3.8) is 0 Å². The molecule has 1 saturated heterocycles. The molecule has 5 rings (SSSR count). The van der Waals surface area contributed by atoms with Gasteiger partial charge < -0.3 is 10.1 Å². The molecular formula is C27H29F2N5O2. The summed E-state index contributed by atoms with van der Waals surface area (Å²) in [6, 6.07) is 10.2. The lowest BCUT2D eigenvalue weighted by molar-refractivity contribution is 0.0150. The van der Waals surface area contributed by atoms with E-state index in [9.17, 15) is 13.6 Å². The van der Waals surface area contributed by atoms with E-state index >= 15 is 0 Å². The van der Waals surface area contributed by atoms with Crippen LogP contribution in [0.3, 0.4) is 0 Å². The maximum absolute atomic E-state index is 12.9. The minimum atomic E-state index is -2.53. The monoisotopic (exact) mass is 493 g/mol. The predicted molar refractivity (Wildman–Crippen MR) is 133 cm³/mol. The second-order valence-corrected chi connectivity index (χ2v) is 9.14. The summed E-state index contributed by atoms with van der Waals surface area (Å²) in [5.41, 5.74) is 4.35. The molecule has 9 heteroatoms. The number of nitrogens with one attached hydrogen (secondary N) is 1. The van der Waals surface area contributed by atoms with Gasteiger partial charge in [-0.05, 0) is 56.0 Å². The Balaban J connectivity index is 1.22. The third kappa shape index (κ3) is 5.22. The van der Waals surface area contributed by atoms with Gasteiger partial charge in [-0.1, -0.05) is 18.2 Å². The number of amides is 1. The van der Waals surface area contributed by atoms with Crippen molar-refractivity contribution >= 4 is 17.2 Å². The number of benzene rings is 1. The number of rotatable bonds is 6. The average Bonchev–Trinajstić information content (AvgIpc) is 3.31. The third-order valence-electron chi connectivity index (χ3n) is 6.94. The van der Waals surface area contributed by atoms with Gasteiger partial charge in [0.05, 0.1) is 53.9 Å². The van der Waals surface area contributed by atoms with E-state index in [0.717, 1.165) is 51.3 Å². The first-order chi connectivity index (χ1) is 17.5. The molecule has 1 aromatic carbocycles. The SMILES string of the molecule is Cc1c(C(=O)Nc2ccc(C3=CCC(N4CCOCC4)CC3)nc2)cnn1-c1ccc(C(F)F)cc1. The molecule has 1 aliphatic carbocycles. The first kappa shape index (κ1) is 24.3. The first-order valence-electron chi connectivity index (χ1n) is 12.2. The van der Waals surface area contributed by atoms with Crippen molar-refractivity contribution in [1.29, 1.82) is 0 Å². The predicted octanol–water partition coefficient (Wildman–Crippen LogP) is 5.03. The third-order valence-corrected chi connectivity index (χ3v) is 6.94. The van der Waals surface area contributed by atoms with E-state index in [-0.39, 0.29) is 11.5 Å². The van der Waals surface area contributed by atoms with Gasteiger partial charge in [0.2, 0.25) is 0 Å². The zero-order chi connectivity index (χ0) is 25.1. The van der Waals surface area contributed by atoms with E-state index in [1.54, 1.807) is 29.9 Å². The fourth-order valence-electron chi connectivity index (χ4n) is 4.84. The summed E-state index contributed by atoms with van der Waals surface area (Å²) in [5, 5.41) is 7.15. The fraction of sp³-hybridized carbons (Fsp3) is 0.370. The van der Waals surface area contributed by atoms with E-state index in [2.05, 4.69) is 26.4 Å². The van der Waals surface area contributed by atoms with Crippen LogP contribution in [0.5, 0.6) is 0 Å². The number of pyridine rings is 1. The summed E-state index contributed by atoms with van der Waals surface area (Å²) in [4.78, 5) is 20.0. The Morgan fingerprint density at radius 2 is 1.89 bits per heavy atom. The largest absolute Gasteiger partial charge is 0.379 e. The normalized spacial score (nSPS) is 18.8. The van der Waals surface area contributed by atoms with Crippen molar-refractivity contribution in [2.75, 3.05) is 31.6 Å². The lowest BCUT2D eigenvalue weighted by atomic mass is 9.92. The van der Waals surface area contributed by atoms with Crippen LogP contribution in [0.15, 0.2) is 54.9 Å². The van der Waals surface area contributed by atoms with Crippen molar-refractivity contribution in [2.45, 2.75) is 38.7 Å². The molecule has 1 fully saturated rings. The van der Waals surface area contributed by atoms with Gasteiger partial charge in [-0.25, -0.2) is 13.5 Å². The van der Waals surface area contributed by atoms with E-state index in [1.165, 1.54) is 23.9 Å². The molecular weight excluding hydrogens is 464 g/mol. The minimum Gasteiger partial charge on any atom is -0.379 e. The summed E-state index contributed by atoms with van der Waals surface area (Å²) >= 11 is 0. The molecule has 1 atom stereocenters. The average molecular weight is 494 g/mol. The molecule has 2 aliphatic rings. The number of hydrogen-bond acceptors (Lipinski definition) is 5. The molecule has 3 aromatic rings. The van der Waals surface area contributed by atoms with Gasteiger partial charge >= 0.3 is 0 Å². The number of halogens is 2. The Hall–Kier alpha value is -3.43. The van der Waals surface area contributed by atoms with Crippen molar-refractivity contribution < 1.29 is 18.3 Å². The Morgan fingerprint density at radius 3 is 2.53 bits per heavy atom. The Kier molecular flexibility index (Phi) is 7.20. The lowest BCUT2D eigenvalue weighted by Crippen LogP contribution is -2.43. The van der Waals surface area contributed by atoms with Crippen LogP contribution in [0.1, 0.15) is 53.0 Å². The highest BCUT2D eigenvalue weighted by molar-refractivity contribution is 6.04.